The van der Waals surface area contributed by atoms with Gasteiger partial charge in [-0.25, -0.2) is 0 Å². The van der Waals surface area contributed by atoms with E-state index in [2.05, 4.69) is 10.5 Å². The number of oxime groups is 1. The zero-order chi connectivity index (χ0) is 16.1. The minimum absolute atomic E-state index is 0.197. The molecule has 0 saturated carbocycles. The third-order valence-corrected chi connectivity index (χ3v) is 3.89. The van der Waals surface area contributed by atoms with Gasteiger partial charge in [0, 0.05) is 16.6 Å². The molecule has 0 saturated heterocycles. The number of benzene rings is 2. The summed E-state index contributed by atoms with van der Waals surface area (Å²) in [6.45, 7) is -0.197. The van der Waals surface area contributed by atoms with Gasteiger partial charge in [-0.3, -0.25) is 4.79 Å². The summed E-state index contributed by atoms with van der Waals surface area (Å²) in [6, 6.07) is 15.5. The SMILES string of the molecule is NC(=NOCC(=O)Nc1ccc2ccccc2c1)c1ccsc1. The van der Waals surface area contributed by atoms with Crippen molar-refractivity contribution in [2.45, 2.75) is 0 Å². The second kappa shape index (κ2) is 6.93. The highest BCUT2D eigenvalue weighted by Gasteiger charge is 2.05. The number of carbonyl (C=O) groups is 1. The minimum atomic E-state index is -0.290. The van der Waals surface area contributed by atoms with Gasteiger partial charge in [0.1, 0.15) is 0 Å². The van der Waals surface area contributed by atoms with Gasteiger partial charge in [-0.2, -0.15) is 11.3 Å². The molecule has 3 rings (SSSR count). The molecule has 6 heteroatoms. The molecule has 116 valence electrons. The second-order valence-electron chi connectivity index (χ2n) is 4.87. The largest absolute Gasteiger partial charge is 0.384 e. The number of hydrogen-bond donors (Lipinski definition) is 2. The van der Waals surface area contributed by atoms with E-state index in [0.29, 0.717) is 5.69 Å². The Hall–Kier alpha value is -2.86. The summed E-state index contributed by atoms with van der Waals surface area (Å²) in [5.74, 6) is -0.0353. The van der Waals surface area contributed by atoms with E-state index in [-0.39, 0.29) is 18.3 Å². The van der Waals surface area contributed by atoms with E-state index in [9.17, 15) is 4.79 Å². The highest BCUT2D eigenvalue weighted by Crippen LogP contribution is 2.18. The lowest BCUT2D eigenvalue weighted by molar-refractivity contribution is -0.120. The van der Waals surface area contributed by atoms with Crippen molar-refractivity contribution < 1.29 is 9.63 Å². The van der Waals surface area contributed by atoms with Crippen LogP contribution in [0.4, 0.5) is 5.69 Å². The van der Waals surface area contributed by atoms with Gasteiger partial charge in [-0.1, -0.05) is 35.5 Å². The molecule has 0 spiro atoms. The number of nitrogens with one attached hydrogen (secondary N) is 1. The van der Waals surface area contributed by atoms with Crippen molar-refractivity contribution in [1.29, 1.82) is 0 Å². The molecule has 1 aromatic heterocycles. The summed E-state index contributed by atoms with van der Waals surface area (Å²) in [5, 5.41) is 12.4. The van der Waals surface area contributed by atoms with Gasteiger partial charge in [0.15, 0.2) is 12.4 Å². The van der Waals surface area contributed by atoms with Crippen molar-refractivity contribution >= 4 is 39.5 Å². The van der Waals surface area contributed by atoms with E-state index in [1.54, 1.807) is 0 Å². The molecular formula is C17H15N3O2S. The average molecular weight is 325 g/mol. The molecule has 0 aliphatic rings. The third-order valence-electron chi connectivity index (χ3n) is 3.21. The van der Waals surface area contributed by atoms with Gasteiger partial charge in [0.2, 0.25) is 0 Å². The van der Waals surface area contributed by atoms with Gasteiger partial charge in [0.25, 0.3) is 5.91 Å². The normalized spacial score (nSPS) is 11.4. The lowest BCUT2D eigenvalue weighted by Gasteiger charge is -2.06. The van der Waals surface area contributed by atoms with Crippen LogP contribution in [-0.4, -0.2) is 18.3 Å². The van der Waals surface area contributed by atoms with Crippen molar-refractivity contribution in [2.75, 3.05) is 11.9 Å². The molecule has 0 radical (unpaired) electrons. The van der Waals surface area contributed by atoms with Crippen LogP contribution < -0.4 is 11.1 Å². The van der Waals surface area contributed by atoms with E-state index in [1.807, 2.05) is 59.3 Å². The Morgan fingerprint density at radius 1 is 1.17 bits per heavy atom. The Bertz CT molecular complexity index is 844. The summed E-state index contributed by atoms with van der Waals surface area (Å²) < 4.78 is 0. The fourth-order valence-corrected chi connectivity index (χ4v) is 2.74. The van der Waals surface area contributed by atoms with Gasteiger partial charge in [-0.15, -0.1) is 0 Å². The molecule has 0 bridgehead atoms. The van der Waals surface area contributed by atoms with Crippen LogP contribution in [-0.2, 0) is 9.63 Å². The lowest BCUT2D eigenvalue weighted by atomic mass is 10.1. The van der Waals surface area contributed by atoms with Crippen molar-refractivity contribution in [3.8, 4) is 0 Å². The standard InChI is InChI=1S/C17H15N3O2S/c18-17(14-7-8-23-11-14)20-22-10-16(21)19-15-6-5-12-3-1-2-4-13(12)9-15/h1-9,11H,10H2,(H2,18,20)(H,19,21). The number of carbonyl (C=O) groups excluding carboxylic acids is 1. The molecule has 3 N–H and O–H groups in total. The molecule has 0 aliphatic heterocycles. The number of nitrogens with two attached hydrogens (primary N) is 1. The first-order chi connectivity index (χ1) is 11.2. The van der Waals surface area contributed by atoms with E-state index < -0.39 is 0 Å². The number of amidine groups is 1. The maximum Gasteiger partial charge on any atom is 0.265 e. The predicted octanol–water partition coefficient (Wildman–Crippen LogP) is 3.18. The summed E-state index contributed by atoms with van der Waals surface area (Å²) in [5.41, 5.74) is 7.24. The molecule has 0 atom stereocenters. The van der Waals surface area contributed by atoms with Gasteiger partial charge < -0.3 is 15.9 Å². The first-order valence-electron chi connectivity index (χ1n) is 6.99. The van der Waals surface area contributed by atoms with Crippen LogP contribution in [0, 0.1) is 0 Å². The molecule has 0 fully saturated rings. The summed E-state index contributed by atoms with van der Waals surface area (Å²) >= 11 is 1.51. The molecule has 0 unspecified atom stereocenters. The quantitative estimate of drug-likeness (QED) is 0.430. The number of thiophene rings is 1. The fraction of sp³-hybridized carbons (Fsp3) is 0.0588. The number of nitrogens with zero attached hydrogens (tertiary/aromatic N) is 1. The molecule has 5 nitrogen and oxygen atoms in total. The first-order valence-corrected chi connectivity index (χ1v) is 7.93. The number of rotatable bonds is 5. The molecule has 1 heterocycles. The van der Waals surface area contributed by atoms with Crippen LogP contribution in [0.15, 0.2) is 64.4 Å². The molecule has 0 aliphatic carbocycles. The summed E-state index contributed by atoms with van der Waals surface area (Å²) in [4.78, 5) is 16.9. The van der Waals surface area contributed by atoms with Crippen LogP contribution >= 0.6 is 11.3 Å². The van der Waals surface area contributed by atoms with E-state index in [0.717, 1.165) is 16.3 Å². The van der Waals surface area contributed by atoms with Crippen molar-refractivity contribution in [3.05, 3.63) is 64.9 Å². The number of anilines is 1. The maximum absolute atomic E-state index is 11.9. The third kappa shape index (κ3) is 3.87. The van der Waals surface area contributed by atoms with Crippen LogP contribution in [0.2, 0.25) is 0 Å². The Morgan fingerprint density at radius 2 is 2.00 bits per heavy atom. The van der Waals surface area contributed by atoms with Crippen molar-refractivity contribution in [2.24, 2.45) is 10.9 Å². The van der Waals surface area contributed by atoms with Crippen molar-refractivity contribution in [3.63, 3.8) is 0 Å². The number of hydrogen-bond acceptors (Lipinski definition) is 4. The Balaban J connectivity index is 1.57. The monoisotopic (exact) mass is 325 g/mol. The zero-order valence-corrected chi connectivity index (χ0v) is 13.0. The van der Waals surface area contributed by atoms with Crippen LogP contribution in [0.3, 0.4) is 0 Å². The van der Waals surface area contributed by atoms with Gasteiger partial charge in [0.05, 0.1) is 0 Å². The first kappa shape index (κ1) is 15.1. The lowest BCUT2D eigenvalue weighted by Crippen LogP contribution is -2.19. The number of amides is 1. The minimum Gasteiger partial charge on any atom is -0.384 e. The highest BCUT2D eigenvalue weighted by atomic mass is 32.1. The van der Waals surface area contributed by atoms with Crippen molar-refractivity contribution in [1.82, 2.24) is 0 Å². The molecule has 1 amide bonds. The average Bonchev–Trinajstić information content (AvgIpc) is 3.09. The molecular weight excluding hydrogens is 310 g/mol. The van der Waals surface area contributed by atoms with Gasteiger partial charge >= 0.3 is 0 Å². The van der Waals surface area contributed by atoms with E-state index in [1.165, 1.54) is 11.3 Å². The summed E-state index contributed by atoms with van der Waals surface area (Å²) in [6.07, 6.45) is 0. The Labute approximate surface area is 137 Å². The number of fused-ring (bicyclic) bond motifs is 1. The zero-order valence-electron chi connectivity index (χ0n) is 12.2. The Morgan fingerprint density at radius 3 is 2.78 bits per heavy atom. The molecule has 2 aromatic carbocycles. The van der Waals surface area contributed by atoms with E-state index >= 15 is 0 Å². The maximum atomic E-state index is 11.9. The fourth-order valence-electron chi connectivity index (χ4n) is 2.09. The second-order valence-corrected chi connectivity index (χ2v) is 5.65. The summed E-state index contributed by atoms with van der Waals surface area (Å²) in [7, 11) is 0. The Kier molecular flexibility index (Phi) is 4.54. The predicted molar refractivity (Wildman–Crippen MR) is 93.6 cm³/mol. The van der Waals surface area contributed by atoms with Crippen LogP contribution in [0.5, 0.6) is 0 Å². The topological polar surface area (TPSA) is 76.7 Å². The highest BCUT2D eigenvalue weighted by molar-refractivity contribution is 7.08. The van der Waals surface area contributed by atoms with Gasteiger partial charge in [-0.05, 0) is 34.4 Å². The van der Waals surface area contributed by atoms with Crippen LogP contribution in [0.1, 0.15) is 5.56 Å². The molecule has 3 aromatic rings. The smallest absolute Gasteiger partial charge is 0.265 e. The van der Waals surface area contributed by atoms with Crippen LogP contribution in [0.25, 0.3) is 10.8 Å². The van der Waals surface area contributed by atoms with E-state index in [4.69, 9.17) is 10.6 Å². The molecule has 23 heavy (non-hydrogen) atoms.